The molecule has 7 heteroatoms. The van der Waals surface area contributed by atoms with Gasteiger partial charge in [0, 0.05) is 39.3 Å². The first-order chi connectivity index (χ1) is 7.27. The average Bonchev–Trinajstić information content (AvgIpc) is 2.29. The third-order valence-electron chi connectivity index (χ3n) is 2.66. The highest BCUT2D eigenvalue weighted by Gasteiger charge is 2.19. The van der Waals surface area contributed by atoms with Crippen LogP contribution in [0.3, 0.4) is 0 Å². The van der Waals surface area contributed by atoms with Crippen molar-refractivity contribution in [3.63, 3.8) is 0 Å². The van der Waals surface area contributed by atoms with Gasteiger partial charge in [-0.25, -0.2) is 0 Å². The van der Waals surface area contributed by atoms with Gasteiger partial charge in [0.2, 0.25) is 5.91 Å². The van der Waals surface area contributed by atoms with Gasteiger partial charge in [-0.15, -0.1) is 24.8 Å². The van der Waals surface area contributed by atoms with Gasteiger partial charge in [0.05, 0.1) is 13.2 Å². The summed E-state index contributed by atoms with van der Waals surface area (Å²) in [6, 6.07) is 0. The Labute approximate surface area is 115 Å². The first-order valence-corrected chi connectivity index (χ1v) is 5.56. The van der Waals surface area contributed by atoms with E-state index in [1.807, 2.05) is 11.8 Å². The highest BCUT2D eigenvalue weighted by Crippen LogP contribution is 2.01. The molecule has 1 fully saturated rings. The van der Waals surface area contributed by atoms with Gasteiger partial charge in [-0.2, -0.15) is 0 Å². The summed E-state index contributed by atoms with van der Waals surface area (Å²) in [4.78, 5) is 15.4. The minimum atomic E-state index is 0. The zero-order chi connectivity index (χ0) is 11.1. The van der Waals surface area contributed by atoms with Gasteiger partial charge in [-0.1, -0.05) is 0 Å². The van der Waals surface area contributed by atoms with Crippen LogP contribution in [0.4, 0.5) is 0 Å². The van der Waals surface area contributed by atoms with Crippen LogP contribution in [0.5, 0.6) is 0 Å². The Morgan fingerprint density at radius 1 is 1.24 bits per heavy atom. The van der Waals surface area contributed by atoms with E-state index >= 15 is 0 Å². The molecule has 2 N–H and O–H groups in total. The Morgan fingerprint density at radius 2 is 1.82 bits per heavy atom. The number of piperazine rings is 1. The Balaban J connectivity index is 0. The Bertz CT molecular complexity index is 200. The third-order valence-corrected chi connectivity index (χ3v) is 2.66. The molecular formula is C10H23Cl2N3O2. The molecule has 0 aromatic heterocycles. The molecule has 0 radical (unpaired) electrons. The van der Waals surface area contributed by atoms with Gasteiger partial charge in [0.15, 0.2) is 0 Å². The van der Waals surface area contributed by atoms with Gasteiger partial charge in [-0.05, 0) is 6.92 Å². The van der Waals surface area contributed by atoms with Crippen molar-refractivity contribution >= 4 is 30.7 Å². The quantitative estimate of drug-likeness (QED) is 0.722. The van der Waals surface area contributed by atoms with Crippen molar-refractivity contribution in [3.8, 4) is 0 Å². The molecule has 1 rings (SSSR count). The summed E-state index contributed by atoms with van der Waals surface area (Å²) in [6.07, 6.45) is 0. The summed E-state index contributed by atoms with van der Waals surface area (Å²) in [6.45, 7) is 8.07. The van der Waals surface area contributed by atoms with Crippen LogP contribution in [0.2, 0.25) is 0 Å². The van der Waals surface area contributed by atoms with E-state index in [-0.39, 0.29) is 37.3 Å². The summed E-state index contributed by atoms with van der Waals surface area (Å²) in [7, 11) is 0. The monoisotopic (exact) mass is 287 g/mol. The standard InChI is InChI=1S/C10H21N3O2.2ClH/c1-2-15-8-7-12-3-5-13(6-4-12)10(14)9-11;;/h2-9,11H2,1H3;2*1H. The topological polar surface area (TPSA) is 58.8 Å². The first kappa shape index (κ1) is 19.3. The summed E-state index contributed by atoms with van der Waals surface area (Å²) in [5.74, 6) is 0.0551. The number of hydrogen-bond donors (Lipinski definition) is 1. The largest absolute Gasteiger partial charge is 0.380 e. The van der Waals surface area contributed by atoms with Crippen molar-refractivity contribution in [3.05, 3.63) is 0 Å². The average molecular weight is 288 g/mol. The molecule has 0 unspecified atom stereocenters. The van der Waals surface area contributed by atoms with Crippen LogP contribution < -0.4 is 5.73 Å². The lowest BCUT2D eigenvalue weighted by atomic mass is 10.3. The van der Waals surface area contributed by atoms with Crippen LogP contribution >= 0.6 is 24.8 Å². The molecule has 0 aliphatic carbocycles. The van der Waals surface area contributed by atoms with E-state index in [1.165, 1.54) is 0 Å². The van der Waals surface area contributed by atoms with E-state index in [0.717, 1.165) is 45.9 Å². The molecule has 0 spiro atoms. The van der Waals surface area contributed by atoms with E-state index in [0.29, 0.717) is 0 Å². The van der Waals surface area contributed by atoms with E-state index in [4.69, 9.17) is 10.5 Å². The van der Waals surface area contributed by atoms with E-state index in [9.17, 15) is 4.79 Å². The number of hydrogen-bond acceptors (Lipinski definition) is 4. The number of nitrogens with two attached hydrogens (primary N) is 1. The second-order valence-electron chi connectivity index (χ2n) is 3.62. The molecule has 1 heterocycles. The van der Waals surface area contributed by atoms with Gasteiger partial charge in [-0.3, -0.25) is 9.69 Å². The minimum absolute atomic E-state index is 0. The molecule has 0 saturated carbocycles. The second-order valence-corrected chi connectivity index (χ2v) is 3.62. The van der Waals surface area contributed by atoms with Crippen LogP contribution in [-0.4, -0.2) is 68.2 Å². The van der Waals surface area contributed by atoms with Gasteiger partial charge in [0.1, 0.15) is 0 Å². The molecule has 1 aliphatic rings. The van der Waals surface area contributed by atoms with E-state index in [2.05, 4.69) is 4.90 Å². The van der Waals surface area contributed by atoms with Crippen LogP contribution in [-0.2, 0) is 9.53 Å². The third kappa shape index (κ3) is 7.06. The van der Waals surface area contributed by atoms with Crippen LogP contribution in [0.15, 0.2) is 0 Å². The number of amides is 1. The van der Waals surface area contributed by atoms with Crippen molar-refractivity contribution in [2.75, 3.05) is 52.5 Å². The molecule has 1 aliphatic heterocycles. The SMILES string of the molecule is CCOCCN1CCN(C(=O)CN)CC1.Cl.Cl. The summed E-state index contributed by atoms with van der Waals surface area (Å²) in [5.41, 5.74) is 5.31. The maximum absolute atomic E-state index is 11.3. The van der Waals surface area contributed by atoms with E-state index < -0.39 is 0 Å². The Hall–Kier alpha value is -0.0700. The molecule has 0 aromatic rings. The minimum Gasteiger partial charge on any atom is -0.380 e. The number of carbonyl (C=O) groups is 1. The van der Waals surface area contributed by atoms with Gasteiger partial charge < -0.3 is 15.4 Å². The lowest BCUT2D eigenvalue weighted by molar-refractivity contribution is -0.131. The predicted molar refractivity (Wildman–Crippen MR) is 73.1 cm³/mol. The van der Waals surface area contributed by atoms with Crippen molar-refractivity contribution in [1.29, 1.82) is 0 Å². The molecule has 1 amide bonds. The molecule has 5 nitrogen and oxygen atoms in total. The zero-order valence-electron chi connectivity index (χ0n) is 10.3. The smallest absolute Gasteiger partial charge is 0.236 e. The molecule has 17 heavy (non-hydrogen) atoms. The number of rotatable bonds is 5. The predicted octanol–water partition coefficient (Wildman–Crippen LogP) is -0.0306. The molecule has 0 bridgehead atoms. The number of halogens is 2. The molecule has 104 valence electrons. The zero-order valence-corrected chi connectivity index (χ0v) is 11.9. The lowest BCUT2D eigenvalue weighted by Gasteiger charge is -2.34. The molecule has 0 aromatic carbocycles. The van der Waals surface area contributed by atoms with Crippen molar-refractivity contribution in [1.82, 2.24) is 9.80 Å². The Kier molecular flexibility index (Phi) is 12.5. The lowest BCUT2D eigenvalue weighted by Crippen LogP contribution is -2.50. The summed E-state index contributed by atoms with van der Waals surface area (Å²) < 4.78 is 5.29. The maximum Gasteiger partial charge on any atom is 0.236 e. The van der Waals surface area contributed by atoms with Crippen molar-refractivity contribution < 1.29 is 9.53 Å². The number of nitrogens with zero attached hydrogens (tertiary/aromatic N) is 2. The molecule has 0 atom stereocenters. The normalized spacial score (nSPS) is 16.0. The number of ether oxygens (including phenoxy) is 1. The molecular weight excluding hydrogens is 265 g/mol. The van der Waals surface area contributed by atoms with Gasteiger partial charge in [0.25, 0.3) is 0 Å². The summed E-state index contributed by atoms with van der Waals surface area (Å²) >= 11 is 0. The van der Waals surface area contributed by atoms with Crippen LogP contribution in [0.25, 0.3) is 0 Å². The highest BCUT2D eigenvalue weighted by atomic mass is 35.5. The number of carbonyl (C=O) groups excluding carboxylic acids is 1. The van der Waals surface area contributed by atoms with E-state index in [1.54, 1.807) is 0 Å². The fraction of sp³-hybridized carbons (Fsp3) is 0.900. The first-order valence-electron chi connectivity index (χ1n) is 5.56. The maximum atomic E-state index is 11.3. The fourth-order valence-corrected chi connectivity index (χ4v) is 1.69. The highest BCUT2D eigenvalue weighted by molar-refractivity contribution is 5.85. The summed E-state index contributed by atoms with van der Waals surface area (Å²) in [5, 5.41) is 0. The van der Waals surface area contributed by atoms with Crippen LogP contribution in [0.1, 0.15) is 6.92 Å². The second kappa shape index (κ2) is 11.0. The van der Waals surface area contributed by atoms with Crippen molar-refractivity contribution in [2.45, 2.75) is 6.92 Å². The van der Waals surface area contributed by atoms with Crippen LogP contribution in [0, 0.1) is 0 Å². The molecule has 1 saturated heterocycles. The van der Waals surface area contributed by atoms with Gasteiger partial charge >= 0.3 is 0 Å². The van der Waals surface area contributed by atoms with Crippen molar-refractivity contribution in [2.24, 2.45) is 5.73 Å². The fourth-order valence-electron chi connectivity index (χ4n) is 1.69. The Morgan fingerprint density at radius 3 is 2.29 bits per heavy atom.